The first-order chi connectivity index (χ1) is 15.2. The zero-order valence-electron chi connectivity index (χ0n) is 17.1. The molecule has 6 nitrogen and oxygen atoms in total. The van der Waals surface area contributed by atoms with Crippen molar-refractivity contribution in [3.8, 4) is 11.5 Å². The van der Waals surface area contributed by atoms with Gasteiger partial charge in [0.15, 0.2) is 0 Å². The first kappa shape index (κ1) is 29.7. The summed E-state index contributed by atoms with van der Waals surface area (Å²) >= 11 is 32.9. The molecular weight excluding hydrogens is 541 g/mol. The fourth-order valence-corrected chi connectivity index (χ4v) is 3.29. The lowest BCUT2D eigenvalue weighted by atomic mass is 10.3. The lowest BCUT2D eigenvalue weighted by molar-refractivity contribution is -0.268. The average Bonchev–Trinajstić information content (AvgIpc) is 2.80. The Bertz CT molecular complexity index is 630. The van der Waals surface area contributed by atoms with Crippen LogP contribution in [0.3, 0.4) is 0 Å². The van der Waals surface area contributed by atoms with E-state index in [2.05, 4.69) is 21.3 Å². The summed E-state index contributed by atoms with van der Waals surface area (Å²) in [6.07, 6.45) is 0. The molecular formula is C20H24Cl6N4O2-2. The van der Waals surface area contributed by atoms with Gasteiger partial charge >= 0.3 is 0 Å². The first-order valence-electron chi connectivity index (χ1n) is 9.68. The lowest BCUT2D eigenvalue weighted by Gasteiger charge is -2.11. The smallest absolute Gasteiger partial charge is 0.0606 e. The van der Waals surface area contributed by atoms with Gasteiger partial charge in [-0.2, -0.15) is 0 Å². The summed E-state index contributed by atoms with van der Waals surface area (Å²) < 4.78 is 0. The van der Waals surface area contributed by atoms with Crippen LogP contribution in [-0.2, 0) is 0 Å². The molecule has 2 aliphatic heterocycles. The van der Waals surface area contributed by atoms with Crippen LogP contribution < -0.4 is 31.5 Å². The molecule has 0 unspecified atom stereocenters. The quantitative estimate of drug-likeness (QED) is 0.364. The van der Waals surface area contributed by atoms with Crippen molar-refractivity contribution in [3.63, 3.8) is 0 Å². The van der Waals surface area contributed by atoms with E-state index in [0.29, 0.717) is 10.0 Å². The highest BCUT2D eigenvalue weighted by atomic mass is 35.5. The van der Waals surface area contributed by atoms with Gasteiger partial charge in [-0.1, -0.05) is 81.1 Å². The molecule has 0 saturated carbocycles. The molecule has 2 aromatic rings. The molecule has 2 fully saturated rings. The van der Waals surface area contributed by atoms with E-state index in [1.807, 2.05) is 0 Å². The van der Waals surface area contributed by atoms with Crippen LogP contribution in [-0.4, -0.2) is 52.4 Å². The van der Waals surface area contributed by atoms with Crippen LogP contribution in [0.5, 0.6) is 11.5 Å². The molecule has 4 N–H and O–H groups in total. The van der Waals surface area contributed by atoms with Crippen LogP contribution in [0.4, 0.5) is 0 Å². The molecule has 0 aromatic heterocycles. The van der Waals surface area contributed by atoms with Crippen LogP contribution in [0, 0.1) is 0 Å². The van der Waals surface area contributed by atoms with Gasteiger partial charge in [-0.05, 0) is 24.3 Å². The Morgan fingerprint density at radius 3 is 0.812 bits per heavy atom. The summed E-state index contributed by atoms with van der Waals surface area (Å²) in [5.41, 5.74) is 0. The summed E-state index contributed by atoms with van der Waals surface area (Å²) in [7, 11) is 0. The largest absolute Gasteiger partial charge is 0.871 e. The van der Waals surface area contributed by atoms with Gasteiger partial charge in [0.1, 0.15) is 0 Å². The Morgan fingerprint density at radius 1 is 0.406 bits per heavy atom. The number of rotatable bonds is 0. The lowest BCUT2D eigenvalue weighted by Crippen LogP contribution is -2.39. The maximum absolute atomic E-state index is 10.7. The third-order valence-corrected chi connectivity index (χ3v) is 5.90. The van der Waals surface area contributed by atoms with Gasteiger partial charge in [-0.15, -0.1) is 0 Å². The predicted molar refractivity (Wildman–Crippen MR) is 133 cm³/mol. The first-order valence-corrected chi connectivity index (χ1v) is 11.9. The molecule has 2 saturated heterocycles. The fourth-order valence-electron chi connectivity index (χ4n) is 2.22. The second-order valence-corrected chi connectivity index (χ2v) is 8.84. The van der Waals surface area contributed by atoms with Crippen molar-refractivity contribution in [1.29, 1.82) is 0 Å². The van der Waals surface area contributed by atoms with E-state index < -0.39 is 0 Å². The monoisotopic (exact) mass is 562 g/mol. The minimum absolute atomic E-state index is 0.0920. The molecule has 0 radical (unpaired) electrons. The van der Waals surface area contributed by atoms with Gasteiger partial charge in [0.05, 0.1) is 20.1 Å². The molecule has 2 aromatic carbocycles. The van der Waals surface area contributed by atoms with E-state index >= 15 is 0 Å². The Labute approximate surface area is 218 Å². The van der Waals surface area contributed by atoms with Crippen molar-refractivity contribution in [2.24, 2.45) is 0 Å². The van der Waals surface area contributed by atoms with Crippen molar-refractivity contribution in [2.75, 3.05) is 52.4 Å². The van der Waals surface area contributed by atoms with Crippen LogP contribution in [0.2, 0.25) is 30.1 Å². The summed E-state index contributed by atoms with van der Waals surface area (Å²) in [5.74, 6) is -0.618. The van der Waals surface area contributed by atoms with Crippen molar-refractivity contribution >= 4 is 69.6 Å². The highest BCUT2D eigenvalue weighted by molar-refractivity contribution is 6.44. The van der Waals surface area contributed by atoms with E-state index in [-0.39, 0.29) is 31.6 Å². The van der Waals surface area contributed by atoms with Crippen LogP contribution in [0.25, 0.3) is 0 Å². The second kappa shape index (κ2) is 17.1. The van der Waals surface area contributed by atoms with Gasteiger partial charge in [0, 0.05) is 62.4 Å². The second-order valence-electron chi connectivity index (χ2n) is 6.39. The zero-order valence-corrected chi connectivity index (χ0v) is 21.6. The van der Waals surface area contributed by atoms with E-state index in [4.69, 9.17) is 69.6 Å². The number of nitrogens with one attached hydrogen (secondary N) is 4. The molecule has 0 amide bonds. The minimum Gasteiger partial charge on any atom is -0.871 e. The van der Waals surface area contributed by atoms with E-state index in [0.717, 1.165) is 52.4 Å². The topological polar surface area (TPSA) is 94.2 Å². The molecule has 4 rings (SSSR count). The highest BCUT2D eigenvalue weighted by Gasteiger charge is 1.98. The SMILES string of the molecule is C1CNCCN1.C1CNCCN1.[O-]c1cc(Cl)c(Cl)cc1Cl.[O-]c1cc(Cl)c(Cl)cc1Cl. The molecule has 0 aliphatic carbocycles. The molecule has 0 atom stereocenters. The van der Waals surface area contributed by atoms with Crippen molar-refractivity contribution in [3.05, 3.63) is 54.4 Å². The minimum atomic E-state index is -0.309. The van der Waals surface area contributed by atoms with Crippen LogP contribution in [0.15, 0.2) is 24.3 Å². The fraction of sp³-hybridized carbons (Fsp3) is 0.400. The third kappa shape index (κ3) is 12.8. The number of benzene rings is 2. The van der Waals surface area contributed by atoms with E-state index in [1.165, 1.54) is 24.3 Å². The number of hydrogen-bond acceptors (Lipinski definition) is 6. The van der Waals surface area contributed by atoms with E-state index in [1.54, 1.807) is 0 Å². The molecule has 12 heteroatoms. The molecule has 0 spiro atoms. The number of piperazine rings is 2. The predicted octanol–water partition coefficient (Wildman–Crippen LogP) is 3.80. The maximum atomic E-state index is 10.7. The van der Waals surface area contributed by atoms with E-state index in [9.17, 15) is 10.2 Å². The Balaban J connectivity index is 0.000000219. The Kier molecular flexibility index (Phi) is 15.9. The standard InChI is InChI=1S/2C6H3Cl3O.2C4H10N2/c2*7-3-1-5(9)6(10)2-4(3)8;2*1-2-6-4-3-5-1/h2*1-2,10H;2*5-6H,1-4H2/p-2. The van der Waals surface area contributed by atoms with Gasteiger partial charge in [-0.3, -0.25) is 0 Å². The maximum Gasteiger partial charge on any atom is 0.0606 e. The normalized spacial score (nSPS) is 15.2. The van der Waals surface area contributed by atoms with Crippen molar-refractivity contribution in [2.45, 2.75) is 0 Å². The van der Waals surface area contributed by atoms with Gasteiger partial charge in [0.25, 0.3) is 0 Å². The number of hydrogen-bond donors (Lipinski definition) is 4. The molecule has 0 bridgehead atoms. The molecule has 2 aliphatic rings. The summed E-state index contributed by atoms with van der Waals surface area (Å²) in [6, 6.07) is 5.03. The Hall–Kier alpha value is -0.380. The number of halogens is 6. The van der Waals surface area contributed by atoms with Crippen molar-refractivity contribution in [1.82, 2.24) is 21.3 Å². The molecule has 2 heterocycles. The zero-order chi connectivity index (χ0) is 23.9. The molecule has 32 heavy (non-hydrogen) atoms. The van der Waals surface area contributed by atoms with Crippen LogP contribution in [0.1, 0.15) is 0 Å². The van der Waals surface area contributed by atoms with Crippen molar-refractivity contribution < 1.29 is 10.2 Å². The van der Waals surface area contributed by atoms with Crippen LogP contribution >= 0.6 is 69.6 Å². The molecule has 180 valence electrons. The summed E-state index contributed by atoms with van der Waals surface area (Å²) in [6.45, 7) is 9.11. The summed E-state index contributed by atoms with van der Waals surface area (Å²) in [4.78, 5) is 0. The Morgan fingerprint density at radius 2 is 0.625 bits per heavy atom. The van der Waals surface area contributed by atoms with Gasteiger partial charge in [-0.25, -0.2) is 0 Å². The summed E-state index contributed by atoms with van der Waals surface area (Å²) in [5, 5.41) is 35.6. The van der Waals surface area contributed by atoms with Gasteiger partial charge in [0.2, 0.25) is 0 Å². The van der Waals surface area contributed by atoms with Gasteiger partial charge < -0.3 is 31.5 Å². The average molecular weight is 565 g/mol. The third-order valence-electron chi connectivity index (χ3n) is 3.86. The highest BCUT2D eigenvalue weighted by Crippen LogP contribution is 2.31.